The van der Waals surface area contributed by atoms with Gasteiger partial charge in [0.05, 0.1) is 5.69 Å². The lowest BCUT2D eigenvalue weighted by molar-refractivity contribution is 0.274. The van der Waals surface area contributed by atoms with Crippen molar-refractivity contribution in [1.29, 1.82) is 0 Å². The summed E-state index contributed by atoms with van der Waals surface area (Å²) in [5.41, 5.74) is 7.25. The van der Waals surface area contributed by atoms with Crippen LogP contribution >= 0.6 is 0 Å². The Morgan fingerprint density at radius 2 is 2.46 bits per heavy atom. The Balaban J connectivity index is 1.96. The van der Waals surface area contributed by atoms with Crippen molar-refractivity contribution < 1.29 is 0 Å². The minimum atomic E-state index is 0.179. The van der Waals surface area contributed by atoms with Crippen LogP contribution in [0.2, 0.25) is 0 Å². The van der Waals surface area contributed by atoms with Crippen LogP contribution in [-0.2, 0) is 7.05 Å². The molecule has 1 atom stereocenters. The van der Waals surface area contributed by atoms with Crippen LogP contribution in [0.15, 0.2) is 12.3 Å². The number of hydrogen-bond donors (Lipinski definition) is 1. The summed E-state index contributed by atoms with van der Waals surface area (Å²) >= 11 is 0. The number of nitrogens with zero attached hydrogens (tertiary/aromatic N) is 2. The van der Waals surface area contributed by atoms with E-state index < -0.39 is 0 Å². The number of hydrogen-bond acceptors (Lipinski definition) is 2. The third-order valence-corrected chi connectivity index (χ3v) is 3.05. The van der Waals surface area contributed by atoms with Gasteiger partial charge >= 0.3 is 0 Å². The monoisotopic (exact) mass is 179 g/mol. The summed E-state index contributed by atoms with van der Waals surface area (Å²) in [5, 5.41) is 4.13. The van der Waals surface area contributed by atoms with Crippen LogP contribution < -0.4 is 5.73 Å². The second-order valence-electron chi connectivity index (χ2n) is 4.02. The molecule has 0 aromatic carbocycles. The van der Waals surface area contributed by atoms with E-state index in [1.807, 2.05) is 24.0 Å². The lowest BCUT2D eigenvalue weighted by Gasteiger charge is -2.27. The topological polar surface area (TPSA) is 43.8 Å². The number of aryl methyl sites for hydroxylation is 1. The van der Waals surface area contributed by atoms with Crippen molar-refractivity contribution in [1.82, 2.24) is 9.78 Å². The van der Waals surface area contributed by atoms with Crippen LogP contribution in [0.4, 0.5) is 0 Å². The SMILES string of the molecule is Cn1nccc1C(N)CC1CCC1. The molecule has 3 nitrogen and oxygen atoms in total. The smallest absolute Gasteiger partial charge is 0.0548 e. The third-order valence-electron chi connectivity index (χ3n) is 3.05. The van der Waals surface area contributed by atoms with Crippen LogP contribution in [0.3, 0.4) is 0 Å². The Hall–Kier alpha value is -0.830. The molecular weight excluding hydrogens is 162 g/mol. The predicted molar refractivity (Wildman–Crippen MR) is 52.1 cm³/mol. The second-order valence-corrected chi connectivity index (χ2v) is 4.02. The molecule has 1 aliphatic rings. The minimum absolute atomic E-state index is 0.179. The van der Waals surface area contributed by atoms with Gasteiger partial charge in [0.2, 0.25) is 0 Å². The zero-order chi connectivity index (χ0) is 9.26. The van der Waals surface area contributed by atoms with Gasteiger partial charge in [0.15, 0.2) is 0 Å². The second kappa shape index (κ2) is 3.50. The summed E-state index contributed by atoms with van der Waals surface area (Å²) in [5.74, 6) is 0.866. The fourth-order valence-corrected chi connectivity index (χ4v) is 1.96. The van der Waals surface area contributed by atoms with Crippen LogP contribution in [0.1, 0.15) is 37.4 Å². The van der Waals surface area contributed by atoms with Gasteiger partial charge in [-0.2, -0.15) is 5.10 Å². The average molecular weight is 179 g/mol. The van der Waals surface area contributed by atoms with Crippen molar-refractivity contribution in [2.24, 2.45) is 18.7 Å². The zero-order valence-corrected chi connectivity index (χ0v) is 8.11. The normalized spacial score (nSPS) is 19.8. The van der Waals surface area contributed by atoms with Gasteiger partial charge in [-0.05, 0) is 18.4 Å². The zero-order valence-electron chi connectivity index (χ0n) is 8.11. The highest BCUT2D eigenvalue weighted by Crippen LogP contribution is 2.33. The van der Waals surface area contributed by atoms with Gasteiger partial charge in [-0.3, -0.25) is 4.68 Å². The molecule has 72 valence electrons. The third kappa shape index (κ3) is 1.75. The van der Waals surface area contributed by atoms with Crippen molar-refractivity contribution >= 4 is 0 Å². The Bertz CT molecular complexity index is 275. The molecular formula is C10H17N3. The Kier molecular flexibility index (Phi) is 2.36. The number of rotatable bonds is 3. The highest BCUT2D eigenvalue weighted by Gasteiger charge is 2.21. The molecule has 1 aromatic rings. The minimum Gasteiger partial charge on any atom is -0.323 e. The number of aromatic nitrogens is 2. The first-order valence-electron chi connectivity index (χ1n) is 5.01. The largest absolute Gasteiger partial charge is 0.323 e. The highest BCUT2D eigenvalue weighted by molar-refractivity contribution is 5.06. The summed E-state index contributed by atoms with van der Waals surface area (Å²) < 4.78 is 1.88. The van der Waals surface area contributed by atoms with Gasteiger partial charge in [-0.25, -0.2) is 0 Å². The summed E-state index contributed by atoms with van der Waals surface area (Å²) in [6.07, 6.45) is 7.06. The fourth-order valence-electron chi connectivity index (χ4n) is 1.96. The molecule has 1 unspecified atom stereocenters. The molecule has 1 aromatic heterocycles. The molecule has 1 fully saturated rings. The molecule has 0 radical (unpaired) electrons. The van der Waals surface area contributed by atoms with E-state index >= 15 is 0 Å². The van der Waals surface area contributed by atoms with Gasteiger partial charge in [0, 0.05) is 19.3 Å². The lowest BCUT2D eigenvalue weighted by atomic mass is 9.80. The molecule has 1 aliphatic carbocycles. The first-order chi connectivity index (χ1) is 6.27. The first-order valence-corrected chi connectivity index (χ1v) is 5.01. The average Bonchev–Trinajstić information content (AvgIpc) is 2.43. The van der Waals surface area contributed by atoms with E-state index in [2.05, 4.69) is 5.10 Å². The molecule has 0 amide bonds. The Morgan fingerprint density at radius 1 is 1.69 bits per heavy atom. The Morgan fingerprint density at radius 3 is 2.92 bits per heavy atom. The van der Waals surface area contributed by atoms with Crippen LogP contribution in [0, 0.1) is 5.92 Å². The maximum Gasteiger partial charge on any atom is 0.0548 e. The molecule has 0 spiro atoms. The van der Waals surface area contributed by atoms with Gasteiger partial charge in [-0.15, -0.1) is 0 Å². The Labute approximate surface area is 78.9 Å². The van der Waals surface area contributed by atoms with E-state index in [-0.39, 0.29) is 6.04 Å². The summed E-state index contributed by atoms with van der Waals surface area (Å²) in [7, 11) is 1.95. The predicted octanol–water partition coefficient (Wildman–Crippen LogP) is 1.61. The van der Waals surface area contributed by atoms with Crippen LogP contribution in [-0.4, -0.2) is 9.78 Å². The van der Waals surface area contributed by atoms with E-state index in [4.69, 9.17) is 5.73 Å². The fraction of sp³-hybridized carbons (Fsp3) is 0.700. The maximum atomic E-state index is 6.09. The molecule has 0 bridgehead atoms. The van der Waals surface area contributed by atoms with E-state index in [1.54, 1.807) is 0 Å². The molecule has 1 saturated carbocycles. The van der Waals surface area contributed by atoms with Crippen molar-refractivity contribution in [3.63, 3.8) is 0 Å². The van der Waals surface area contributed by atoms with Crippen molar-refractivity contribution in [2.75, 3.05) is 0 Å². The van der Waals surface area contributed by atoms with E-state index in [1.165, 1.54) is 19.3 Å². The van der Waals surface area contributed by atoms with Crippen molar-refractivity contribution in [2.45, 2.75) is 31.7 Å². The maximum absolute atomic E-state index is 6.09. The van der Waals surface area contributed by atoms with Crippen LogP contribution in [0.5, 0.6) is 0 Å². The lowest BCUT2D eigenvalue weighted by Crippen LogP contribution is -2.21. The van der Waals surface area contributed by atoms with Gasteiger partial charge < -0.3 is 5.73 Å². The van der Waals surface area contributed by atoms with E-state index in [9.17, 15) is 0 Å². The summed E-state index contributed by atoms with van der Waals surface area (Å²) in [4.78, 5) is 0. The molecule has 13 heavy (non-hydrogen) atoms. The van der Waals surface area contributed by atoms with E-state index in [0.29, 0.717) is 0 Å². The molecule has 2 N–H and O–H groups in total. The number of nitrogens with two attached hydrogens (primary N) is 1. The summed E-state index contributed by atoms with van der Waals surface area (Å²) in [6, 6.07) is 2.20. The quantitative estimate of drug-likeness (QED) is 0.766. The molecule has 2 rings (SSSR count). The van der Waals surface area contributed by atoms with Crippen molar-refractivity contribution in [3.05, 3.63) is 18.0 Å². The van der Waals surface area contributed by atoms with E-state index in [0.717, 1.165) is 18.0 Å². The van der Waals surface area contributed by atoms with Gasteiger partial charge in [0.1, 0.15) is 0 Å². The summed E-state index contributed by atoms with van der Waals surface area (Å²) in [6.45, 7) is 0. The van der Waals surface area contributed by atoms with Crippen LogP contribution in [0.25, 0.3) is 0 Å². The molecule has 0 saturated heterocycles. The molecule has 0 aliphatic heterocycles. The molecule has 1 heterocycles. The van der Waals surface area contributed by atoms with Crippen molar-refractivity contribution in [3.8, 4) is 0 Å². The molecule has 3 heteroatoms. The standard InChI is InChI=1S/C10H17N3/c1-13-10(5-6-12-13)9(11)7-8-3-2-4-8/h5-6,8-9H,2-4,7,11H2,1H3. The van der Waals surface area contributed by atoms with Gasteiger partial charge in [-0.1, -0.05) is 19.3 Å². The first kappa shape index (κ1) is 8.75. The highest BCUT2D eigenvalue weighted by atomic mass is 15.3. The van der Waals surface area contributed by atoms with Gasteiger partial charge in [0.25, 0.3) is 0 Å².